The molecule has 0 fully saturated rings. The van der Waals surface area contributed by atoms with Gasteiger partial charge in [0.25, 0.3) is 0 Å². The third-order valence-corrected chi connectivity index (χ3v) is 13.6. The Balaban J connectivity index is 1.60. The second kappa shape index (κ2) is 16.1. The summed E-state index contributed by atoms with van der Waals surface area (Å²) in [4.78, 5) is 18.9. The Labute approximate surface area is 401 Å². The van der Waals surface area contributed by atoms with Crippen LogP contribution in [0.1, 0.15) is 181 Å². The summed E-state index contributed by atoms with van der Waals surface area (Å²) >= 11 is 0. The van der Waals surface area contributed by atoms with Crippen LogP contribution < -0.4 is 5.73 Å². The van der Waals surface area contributed by atoms with Crippen LogP contribution in [0.25, 0.3) is 79.4 Å². The highest BCUT2D eigenvalue weighted by Gasteiger charge is 2.28. The molecule has 3 aromatic carbocycles. The molecule has 3 aromatic heterocycles. The van der Waals surface area contributed by atoms with Crippen molar-refractivity contribution in [3.8, 4) is 33.4 Å². The molecule has 6 aromatic rings. The van der Waals surface area contributed by atoms with Crippen molar-refractivity contribution in [2.24, 2.45) is 5.73 Å². The molecule has 0 aliphatic carbocycles. The van der Waals surface area contributed by atoms with Gasteiger partial charge in [0.15, 0.2) is 0 Å². The molecule has 5 nitrogen and oxygen atoms in total. The molecule has 8 rings (SSSR count). The molecule has 2 aliphatic rings. The highest BCUT2D eigenvalue weighted by molar-refractivity contribution is 6.00. The fourth-order valence-electron chi connectivity index (χ4n) is 9.06. The Hall–Kier alpha value is -5.94. The first-order valence-electron chi connectivity index (χ1n) is 24.3. The fourth-order valence-corrected chi connectivity index (χ4v) is 9.06. The van der Waals surface area contributed by atoms with E-state index >= 15 is 0 Å². The summed E-state index contributed by atoms with van der Waals surface area (Å²) in [6.07, 6.45) is 6.40. The van der Waals surface area contributed by atoms with Crippen molar-refractivity contribution < 1.29 is 0 Å². The third-order valence-electron chi connectivity index (χ3n) is 13.6. The molecule has 0 atom stereocenters. The van der Waals surface area contributed by atoms with Crippen molar-refractivity contribution in [3.63, 3.8) is 0 Å². The SMILES string of the molecule is CC(C)(C)c1cc(-c2c3nc(cc4ccc([nH]4)c(-c4cc(C(C)(C)C)cc(C(C)(C)C)c4)c4nc(c(-c5cc(C(C)(C)C)cc(C(C)(C)C)c5)c5ccc2[nH]5)C=C4N)C=C3)cc(C(C)(C)C)c1. The maximum absolute atomic E-state index is 7.35. The van der Waals surface area contributed by atoms with Crippen molar-refractivity contribution in [1.29, 1.82) is 0 Å². The van der Waals surface area contributed by atoms with Crippen molar-refractivity contribution in [2.75, 3.05) is 0 Å². The van der Waals surface area contributed by atoms with Gasteiger partial charge in [0.1, 0.15) is 0 Å². The zero-order chi connectivity index (χ0) is 49.0. The second-order valence-corrected chi connectivity index (χ2v) is 25.5. The Morgan fingerprint density at radius 2 is 0.731 bits per heavy atom. The van der Waals surface area contributed by atoms with Crippen LogP contribution >= 0.6 is 0 Å². The van der Waals surface area contributed by atoms with Crippen LogP contribution in [-0.2, 0) is 32.5 Å². The van der Waals surface area contributed by atoms with Crippen LogP contribution in [0, 0.1) is 0 Å². The van der Waals surface area contributed by atoms with E-state index in [1.165, 1.54) is 33.4 Å². The predicted molar refractivity (Wildman–Crippen MR) is 290 cm³/mol. The van der Waals surface area contributed by atoms with Crippen molar-refractivity contribution >= 4 is 46.0 Å². The van der Waals surface area contributed by atoms with Gasteiger partial charge < -0.3 is 15.7 Å². The Morgan fingerprint density at radius 1 is 0.373 bits per heavy atom. The van der Waals surface area contributed by atoms with Gasteiger partial charge in [-0.15, -0.1) is 0 Å². The fraction of sp³-hybridized carbons (Fsp3) is 0.387. The number of rotatable bonds is 3. The number of hydrogen-bond donors (Lipinski definition) is 3. The summed E-state index contributed by atoms with van der Waals surface area (Å²) in [5.41, 5.74) is 28.7. The second-order valence-electron chi connectivity index (χ2n) is 25.5. The van der Waals surface area contributed by atoms with Gasteiger partial charge in [-0.05, 0) is 131 Å². The molecular weight excluding hydrogens is 815 g/mol. The number of nitrogens with one attached hydrogen (secondary N) is 2. The quantitative estimate of drug-likeness (QED) is 0.165. The first-order valence-corrected chi connectivity index (χ1v) is 24.3. The van der Waals surface area contributed by atoms with E-state index in [-0.39, 0.29) is 32.5 Å². The van der Waals surface area contributed by atoms with E-state index in [0.717, 1.165) is 78.2 Å². The van der Waals surface area contributed by atoms with Crippen LogP contribution in [0.2, 0.25) is 0 Å². The number of H-pyrrole nitrogens is 2. The van der Waals surface area contributed by atoms with Crippen LogP contribution in [0.5, 0.6) is 0 Å². The maximum atomic E-state index is 7.35. The maximum Gasteiger partial charge on any atom is 0.0966 e. The highest BCUT2D eigenvalue weighted by atomic mass is 14.8. The molecule has 8 bridgehead atoms. The molecule has 5 heteroatoms. The summed E-state index contributed by atoms with van der Waals surface area (Å²) in [5.74, 6) is 0. The lowest BCUT2D eigenvalue weighted by molar-refractivity contribution is 0.568. The number of aromatic nitrogens is 4. The number of nitrogens with zero attached hydrogens (tertiary/aromatic N) is 2. The van der Waals surface area contributed by atoms with Gasteiger partial charge >= 0.3 is 0 Å². The van der Waals surface area contributed by atoms with Gasteiger partial charge in [0.05, 0.1) is 28.5 Å². The van der Waals surface area contributed by atoms with Crippen LogP contribution in [0.15, 0.2) is 84.9 Å². The monoisotopic (exact) mass is 890 g/mol. The molecule has 0 amide bonds. The summed E-state index contributed by atoms with van der Waals surface area (Å²) in [6.45, 7) is 41.3. The topological polar surface area (TPSA) is 83.4 Å². The number of nitrogens with two attached hydrogens (primary N) is 1. The summed E-state index contributed by atoms with van der Waals surface area (Å²) in [7, 11) is 0. The van der Waals surface area contributed by atoms with Gasteiger partial charge in [-0.25, -0.2) is 9.97 Å². The van der Waals surface area contributed by atoms with E-state index in [1.807, 2.05) is 0 Å². The Morgan fingerprint density at radius 3 is 1.13 bits per heavy atom. The largest absolute Gasteiger partial charge is 0.397 e. The smallest absolute Gasteiger partial charge is 0.0966 e. The number of benzene rings is 3. The molecule has 0 radical (unpaired) electrons. The summed E-state index contributed by atoms with van der Waals surface area (Å²) < 4.78 is 0. The normalized spacial score (nSPS) is 13.9. The number of aromatic amines is 2. The van der Waals surface area contributed by atoms with E-state index in [2.05, 4.69) is 238 Å². The molecule has 2 aliphatic heterocycles. The van der Waals surface area contributed by atoms with Gasteiger partial charge in [-0.3, -0.25) is 0 Å². The Kier molecular flexibility index (Phi) is 11.4. The highest BCUT2D eigenvalue weighted by Crippen LogP contribution is 2.43. The molecule has 67 heavy (non-hydrogen) atoms. The average molecular weight is 890 g/mol. The zero-order valence-electron chi connectivity index (χ0n) is 43.8. The third kappa shape index (κ3) is 9.62. The molecule has 0 spiro atoms. The van der Waals surface area contributed by atoms with Gasteiger partial charge in [-0.2, -0.15) is 0 Å². The minimum atomic E-state index is -0.101. The lowest BCUT2D eigenvalue weighted by Crippen LogP contribution is -2.16. The van der Waals surface area contributed by atoms with Crippen LogP contribution in [-0.4, -0.2) is 19.9 Å². The first-order chi connectivity index (χ1) is 30.8. The van der Waals surface area contributed by atoms with E-state index < -0.39 is 0 Å². The summed E-state index contributed by atoms with van der Waals surface area (Å²) in [5, 5.41) is 0. The minimum Gasteiger partial charge on any atom is -0.397 e. The van der Waals surface area contributed by atoms with Gasteiger partial charge in [-0.1, -0.05) is 179 Å². The standard InChI is InChI=1S/C62H75N5/c1-57(2,3)39-25-36(26-40(31-39)58(4,5)6)53-48-21-19-45(64-48)34-46-20-22-51(65-46)55(38-29-43(61(13,14)15)33-44(30-38)62(16,17)18)56-47(63)35-52(67-56)54(50-24-23-49(53)66-50)37-27-41(59(7,8)9)32-42(28-37)60(10,11)12/h19-35,65-66H,63H2,1-18H3. The molecule has 5 heterocycles. The van der Waals surface area contributed by atoms with Crippen molar-refractivity contribution in [2.45, 2.75) is 157 Å². The van der Waals surface area contributed by atoms with E-state index in [4.69, 9.17) is 15.7 Å². The minimum absolute atomic E-state index is 0.0669. The predicted octanol–water partition coefficient (Wildman–Crippen LogP) is 16.7. The van der Waals surface area contributed by atoms with Crippen LogP contribution in [0.3, 0.4) is 0 Å². The van der Waals surface area contributed by atoms with Gasteiger partial charge in [0.2, 0.25) is 0 Å². The van der Waals surface area contributed by atoms with E-state index in [0.29, 0.717) is 5.70 Å². The lowest BCUT2D eigenvalue weighted by Gasteiger charge is -2.26. The van der Waals surface area contributed by atoms with E-state index in [9.17, 15) is 0 Å². The molecular formula is C62H75N5. The van der Waals surface area contributed by atoms with Crippen molar-refractivity contribution in [1.82, 2.24) is 19.9 Å². The zero-order valence-corrected chi connectivity index (χ0v) is 43.8. The molecule has 348 valence electrons. The molecule has 0 saturated heterocycles. The average Bonchev–Trinajstić information content (AvgIpc) is 4.03. The number of hydrogen-bond acceptors (Lipinski definition) is 3. The molecule has 0 unspecified atom stereocenters. The Bertz CT molecular complexity index is 3070. The van der Waals surface area contributed by atoms with E-state index in [1.54, 1.807) is 0 Å². The first kappa shape index (κ1) is 47.5. The molecule has 4 N–H and O–H groups in total. The van der Waals surface area contributed by atoms with Gasteiger partial charge in [0, 0.05) is 38.8 Å². The number of fused-ring (bicyclic) bond motifs is 8. The lowest BCUT2D eigenvalue weighted by atomic mass is 9.78. The molecule has 0 saturated carbocycles. The van der Waals surface area contributed by atoms with Crippen molar-refractivity contribution in [3.05, 3.63) is 141 Å². The summed E-state index contributed by atoms with van der Waals surface area (Å²) in [6, 6.07) is 32.2. The van der Waals surface area contributed by atoms with Crippen LogP contribution in [0.4, 0.5) is 0 Å².